The van der Waals surface area contributed by atoms with E-state index in [1.165, 1.54) is 11.3 Å². The molecule has 186 valence electrons. The van der Waals surface area contributed by atoms with Gasteiger partial charge in [-0.05, 0) is 42.0 Å². The van der Waals surface area contributed by atoms with Crippen molar-refractivity contribution in [3.8, 4) is 11.4 Å². The van der Waals surface area contributed by atoms with Gasteiger partial charge in [-0.2, -0.15) is 0 Å². The Morgan fingerprint density at radius 1 is 0.806 bits per heavy atom. The number of hydrogen-bond acceptors (Lipinski definition) is 6. The molecule has 0 atom stereocenters. The van der Waals surface area contributed by atoms with Crippen LogP contribution in [0.15, 0.2) is 54.7 Å². The number of hydrogen-bond donors (Lipinski definition) is 2. The fourth-order valence-electron chi connectivity index (χ4n) is 5.10. The van der Waals surface area contributed by atoms with Gasteiger partial charge in [0.1, 0.15) is 11.3 Å². The van der Waals surface area contributed by atoms with Gasteiger partial charge in [0.25, 0.3) is 0 Å². The lowest BCUT2D eigenvalue weighted by molar-refractivity contribution is 0.250. The second-order valence-electron chi connectivity index (χ2n) is 9.41. The van der Waals surface area contributed by atoms with Crippen molar-refractivity contribution in [1.82, 2.24) is 25.2 Å². The molecule has 0 unspecified atom stereocenters. The molecule has 2 fully saturated rings. The highest BCUT2D eigenvalue weighted by molar-refractivity contribution is 6.34. The minimum Gasteiger partial charge on any atom is -0.369 e. The van der Waals surface area contributed by atoms with Gasteiger partial charge in [0.2, 0.25) is 0 Å². The lowest BCUT2D eigenvalue weighted by Gasteiger charge is -2.36. The highest BCUT2D eigenvalue weighted by Gasteiger charge is 2.23. The number of fused-ring (bicyclic) bond motifs is 1. The van der Waals surface area contributed by atoms with Crippen LogP contribution in [0.1, 0.15) is 5.56 Å². The molecule has 9 heteroatoms. The fourth-order valence-corrected chi connectivity index (χ4v) is 5.49. The van der Waals surface area contributed by atoms with Gasteiger partial charge in [-0.15, -0.1) is 0 Å². The highest BCUT2D eigenvalue weighted by atomic mass is 35.5. The number of aromatic nitrogens is 3. The fraction of sp³-hybridized carbons (Fsp3) is 0.333. The van der Waals surface area contributed by atoms with Crippen molar-refractivity contribution in [2.45, 2.75) is 6.54 Å². The molecule has 4 aromatic rings. The molecule has 4 heterocycles. The van der Waals surface area contributed by atoms with Crippen LogP contribution in [0.2, 0.25) is 10.0 Å². The van der Waals surface area contributed by atoms with Crippen molar-refractivity contribution in [2.24, 2.45) is 0 Å². The van der Waals surface area contributed by atoms with Gasteiger partial charge < -0.3 is 20.1 Å². The van der Waals surface area contributed by atoms with E-state index in [4.69, 9.17) is 28.2 Å². The Labute approximate surface area is 221 Å². The topological polar surface area (TPSA) is 63.3 Å². The second-order valence-corrected chi connectivity index (χ2v) is 10.3. The van der Waals surface area contributed by atoms with E-state index in [1.807, 2.05) is 12.1 Å². The summed E-state index contributed by atoms with van der Waals surface area (Å²) in [6.45, 7) is 8.72. The Balaban J connectivity index is 1.19. The van der Waals surface area contributed by atoms with Crippen LogP contribution < -0.4 is 15.1 Å². The van der Waals surface area contributed by atoms with E-state index in [0.29, 0.717) is 10.7 Å². The molecule has 0 bridgehead atoms. The number of rotatable bonds is 5. The summed E-state index contributed by atoms with van der Waals surface area (Å²) in [4.78, 5) is 20.1. The van der Waals surface area contributed by atoms with Crippen molar-refractivity contribution in [2.75, 3.05) is 62.2 Å². The molecule has 0 aliphatic carbocycles. The van der Waals surface area contributed by atoms with Gasteiger partial charge >= 0.3 is 0 Å². The number of anilines is 2. The smallest absolute Gasteiger partial charge is 0.180 e. The Kier molecular flexibility index (Phi) is 6.71. The van der Waals surface area contributed by atoms with E-state index in [1.54, 1.807) is 6.20 Å². The lowest BCUT2D eigenvalue weighted by atomic mass is 10.1. The number of nitrogens with one attached hydrogen (secondary N) is 2. The quantitative estimate of drug-likeness (QED) is 0.398. The predicted molar refractivity (Wildman–Crippen MR) is 148 cm³/mol. The number of benzene rings is 2. The minimum absolute atomic E-state index is 0.651. The van der Waals surface area contributed by atoms with Crippen LogP contribution in [0, 0.1) is 0 Å². The van der Waals surface area contributed by atoms with Crippen LogP contribution in [0.3, 0.4) is 0 Å². The largest absolute Gasteiger partial charge is 0.369 e. The predicted octanol–water partition coefficient (Wildman–Crippen LogP) is 4.66. The maximum absolute atomic E-state index is 6.69. The normalized spacial score (nSPS) is 17.2. The Hall–Kier alpha value is -2.84. The second kappa shape index (κ2) is 10.3. The van der Waals surface area contributed by atoms with Crippen molar-refractivity contribution >= 4 is 45.7 Å². The van der Waals surface area contributed by atoms with Crippen LogP contribution in [0.5, 0.6) is 0 Å². The average Bonchev–Trinajstić information content (AvgIpc) is 3.36. The highest BCUT2D eigenvalue weighted by Crippen LogP contribution is 2.34. The number of piperazine rings is 2. The summed E-state index contributed by atoms with van der Waals surface area (Å²) < 4.78 is 0. The number of imidazole rings is 1. The van der Waals surface area contributed by atoms with E-state index in [9.17, 15) is 0 Å². The minimum atomic E-state index is 0.651. The Morgan fingerprint density at radius 3 is 2.25 bits per heavy atom. The maximum atomic E-state index is 6.69. The first-order chi connectivity index (χ1) is 17.6. The standard InChI is InChI=1S/C27H29Cl2N7/c28-21-5-1-19(2-6-21)18-34-13-15-36(16-14-34)25-23(29)17-31-27-24(25)32-26(33-27)20-3-7-22(8-4-20)35-11-9-30-10-12-35/h1-8,17,30H,9-16,18H2,(H,31,32,33). The number of pyridine rings is 1. The zero-order valence-electron chi connectivity index (χ0n) is 20.1. The summed E-state index contributed by atoms with van der Waals surface area (Å²) >= 11 is 12.7. The zero-order chi connectivity index (χ0) is 24.5. The first kappa shape index (κ1) is 23.6. The first-order valence-corrected chi connectivity index (χ1v) is 13.2. The summed E-state index contributed by atoms with van der Waals surface area (Å²) in [5.74, 6) is 0.814. The molecule has 2 saturated heterocycles. The first-order valence-electron chi connectivity index (χ1n) is 12.5. The van der Waals surface area contributed by atoms with Crippen LogP contribution >= 0.6 is 23.2 Å². The van der Waals surface area contributed by atoms with E-state index in [0.717, 1.165) is 86.5 Å². The van der Waals surface area contributed by atoms with Crippen LogP contribution in [0.25, 0.3) is 22.6 Å². The summed E-state index contributed by atoms with van der Waals surface area (Å²) in [5, 5.41) is 4.83. The molecule has 2 aliphatic heterocycles. The molecule has 36 heavy (non-hydrogen) atoms. The maximum Gasteiger partial charge on any atom is 0.180 e. The summed E-state index contributed by atoms with van der Waals surface area (Å²) in [6, 6.07) is 16.7. The summed E-state index contributed by atoms with van der Waals surface area (Å²) in [5.41, 5.74) is 6.15. The van der Waals surface area contributed by atoms with Gasteiger partial charge in [-0.3, -0.25) is 4.90 Å². The molecule has 0 radical (unpaired) electrons. The number of halogens is 2. The molecular formula is C27H29Cl2N7. The van der Waals surface area contributed by atoms with Crippen LogP contribution in [-0.4, -0.2) is 72.2 Å². The zero-order valence-corrected chi connectivity index (χ0v) is 21.6. The van der Waals surface area contributed by atoms with Crippen molar-refractivity contribution in [3.05, 3.63) is 70.3 Å². The van der Waals surface area contributed by atoms with Gasteiger partial charge in [0.05, 0.1) is 16.9 Å². The third kappa shape index (κ3) is 4.89. The SMILES string of the molecule is Clc1ccc(CN2CCN(c3c(Cl)cnc4nc(-c5ccc(N6CCNCC6)cc5)[nH]c34)CC2)cc1. The number of aromatic amines is 1. The molecule has 2 N–H and O–H groups in total. The van der Waals surface area contributed by atoms with Crippen molar-refractivity contribution in [3.63, 3.8) is 0 Å². The number of H-pyrrole nitrogens is 1. The molecule has 6 rings (SSSR count). The average molecular weight is 522 g/mol. The molecule has 0 saturated carbocycles. The van der Waals surface area contributed by atoms with Gasteiger partial charge in [0, 0.05) is 75.2 Å². The van der Waals surface area contributed by atoms with Gasteiger partial charge in [-0.1, -0.05) is 35.3 Å². The third-order valence-electron chi connectivity index (χ3n) is 7.08. The lowest BCUT2D eigenvalue weighted by Crippen LogP contribution is -2.46. The Bertz CT molecular complexity index is 1320. The van der Waals surface area contributed by atoms with Crippen molar-refractivity contribution in [1.29, 1.82) is 0 Å². The molecular weight excluding hydrogens is 493 g/mol. The molecule has 2 aliphatic rings. The molecule has 0 amide bonds. The molecule has 2 aromatic heterocycles. The Morgan fingerprint density at radius 2 is 1.53 bits per heavy atom. The third-order valence-corrected chi connectivity index (χ3v) is 7.61. The molecule has 7 nitrogen and oxygen atoms in total. The molecule has 0 spiro atoms. The summed E-state index contributed by atoms with van der Waals surface area (Å²) in [6.07, 6.45) is 1.72. The van der Waals surface area contributed by atoms with Gasteiger partial charge in [0.15, 0.2) is 5.65 Å². The van der Waals surface area contributed by atoms with Gasteiger partial charge in [-0.25, -0.2) is 9.97 Å². The van der Waals surface area contributed by atoms with E-state index < -0.39 is 0 Å². The van der Waals surface area contributed by atoms with E-state index in [2.05, 4.69) is 66.4 Å². The van der Waals surface area contributed by atoms with E-state index in [-0.39, 0.29) is 0 Å². The summed E-state index contributed by atoms with van der Waals surface area (Å²) in [7, 11) is 0. The monoisotopic (exact) mass is 521 g/mol. The number of nitrogens with zero attached hydrogens (tertiary/aromatic N) is 5. The van der Waals surface area contributed by atoms with Crippen molar-refractivity contribution < 1.29 is 0 Å². The van der Waals surface area contributed by atoms with Crippen LogP contribution in [-0.2, 0) is 6.54 Å². The molecule has 2 aromatic carbocycles. The van der Waals surface area contributed by atoms with Crippen LogP contribution in [0.4, 0.5) is 11.4 Å². The van der Waals surface area contributed by atoms with E-state index >= 15 is 0 Å².